The highest BCUT2D eigenvalue weighted by Gasteiger charge is 2.23. The minimum absolute atomic E-state index is 0.110. The van der Waals surface area contributed by atoms with Crippen LogP contribution in [0.25, 0.3) is 11.5 Å². The number of anilines is 2. The van der Waals surface area contributed by atoms with Crippen molar-refractivity contribution in [1.29, 1.82) is 0 Å². The predicted molar refractivity (Wildman–Crippen MR) is 129 cm³/mol. The van der Waals surface area contributed by atoms with Gasteiger partial charge in [-0.05, 0) is 36.4 Å². The average Bonchev–Trinajstić information content (AvgIpc) is 3.27. The van der Waals surface area contributed by atoms with Gasteiger partial charge in [-0.25, -0.2) is 8.42 Å². The van der Waals surface area contributed by atoms with E-state index < -0.39 is 10.0 Å². The third kappa shape index (κ3) is 6.05. The van der Waals surface area contributed by atoms with Crippen molar-refractivity contribution < 1.29 is 17.6 Å². The van der Waals surface area contributed by atoms with Gasteiger partial charge >= 0.3 is 0 Å². The topological polar surface area (TPSA) is 109 Å². The van der Waals surface area contributed by atoms with E-state index in [4.69, 9.17) is 16.0 Å². The van der Waals surface area contributed by atoms with E-state index in [9.17, 15) is 13.2 Å². The van der Waals surface area contributed by atoms with Crippen molar-refractivity contribution in [3.05, 3.63) is 53.6 Å². The van der Waals surface area contributed by atoms with Crippen LogP contribution in [0.3, 0.4) is 0 Å². The molecule has 0 atom stereocenters. The van der Waals surface area contributed by atoms with Gasteiger partial charge in [0.15, 0.2) is 0 Å². The maximum Gasteiger partial charge on any atom is 0.277 e. The Labute approximate surface area is 201 Å². The second kappa shape index (κ2) is 10.1. The van der Waals surface area contributed by atoms with Gasteiger partial charge in [-0.3, -0.25) is 4.79 Å². The number of carbonyl (C=O) groups excluding carboxylic acids is 1. The van der Waals surface area contributed by atoms with Crippen LogP contribution in [0.2, 0.25) is 5.02 Å². The number of piperazine rings is 1. The zero-order valence-corrected chi connectivity index (χ0v) is 20.2. The van der Waals surface area contributed by atoms with Gasteiger partial charge in [0, 0.05) is 37.6 Å². The van der Waals surface area contributed by atoms with Crippen LogP contribution in [0.5, 0.6) is 0 Å². The Morgan fingerprint density at radius 2 is 1.79 bits per heavy atom. The summed E-state index contributed by atoms with van der Waals surface area (Å²) in [6.45, 7) is 2.16. The molecule has 33 heavy (non-hydrogen) atoms. The number of nitrogens with one attached hydrogen (secondary N) is 1. The van der Waals surface area contributed by atoms with Crippen LogP contribution in [0, 0.1) is 0 Å². The van der Waals surface area contributed by atoms with Crippen molar-refractivity contribution in [2.24, 2.45) is 0 Å². The molecule has 0 saturated carbocycles. The number of aromatic nitrogens is 2. The highest BCUT2D eigenvalue weighted by Crippen LogP contribution is 2.28. The summed E-state index contributed by atoms with van der Waals surface area (Å²) in [6, 6.07) is 14.6. The van der Waals surface area contributed by atoms with Gasteiger partial charge in [0.1, 0.15) is 0 Å². The molecule has 0 radical (unpaired) electrons. The van der Waals surface area contributed by atoms with Gasteiger partial charge in [0.05, 0.1) is 22.6 Å². The van der Waals surface area contributed by atoms with E-state index in [1.165, 1.54) is 10.6 Å². The van der Waals surface area contributed by atoms with Crippen LogP contribution in [0.4, 0.5) is 11.4 Å². The van der Waals surface area contributed by atoms with Crippen molar-refractivity contribution in [3.8, 4) is 11.5 Å². The second-order valence-electron chi connectivity index (χ2n) is 7.39. The molecule has 1 amide bonds. The first kappa shape index (κ1) is 23.6. The van der Waals surface area contributed by atoms with Crippen LogP contribution < -0.4 is 10.2 Å². The quantitative estimate of drug-likeness (QED) is 0.486. The van der Waals surface area contributed by atoms with Crippen LogP contribution >= 0.6 is 23.4 Å². The third-order valence-electron chi connectivity index (χ3n) is 5.06. The van der Waals surface area contributed by atoms with Crippen molar-refractivity contribution in [2.75, 3.05) is 48.4 Å². The molecule has 1 fully saturated rings. The molecular formula is C21H22ClN5O4S2. The van der Waals surface area contributed by atoms with E-state index in [1.54, 1.807) is 12.1 Å². The molecule has 1 saturated heterocycles. The molecule has 2 aromatic carbocycles. The van der Waals surface area contributed by atoms with Crippen LogP contribution in [0.1, 0.15) is 0 Å². The molecule has 3 aromatic rings. The highest BCUT2D eigenvalue weighted by atomic mass is 35.5. The molecule has 0 aliphatic carbocycles. The molecule has 0 spiro atoms. The van der Waals surface area contributed by atoms with Crippen molar-refractivity contribution in [2.45, 2.75) is 5.22 Å². The second-order valence-corrected chi connectivity index (χ2v) is 10.7. The van der Waals surface area contributed by atoms with Gasteiger partial charge in [-0.2, -0.15) is 4.31 Å². The Kier molecular flexibility index (Phi) is 7.23. The van der Waals surface area contributed by atoms with E-state index in [2.05, 4.69) is 20.4 Å². The van der Waals surface area contributed by atoms with Gasteiger partial charge in [0.25, 0.3) is 5.22 Å². The molecule has 1 N–H and O–H groups in total. The molecule has 9 nitrogen and oxygen atoms in total. The molecule has 4 rings (SSSR count). The number of carbonyl (C=O) groups is 1. The Morgan fingerprint density at radius 1 is 1.09 bits per heavy atom. The van der Waals surface area contributed by atoms with Gasteiger partial charge < -0.3 is 14.6 Å². The molecular weight excluding hydrogens is 486 g/mol. The lowest BCUT2D eigenvalue weighted by Crippen LogP contribution is -2.48. The summed E-state index contributed by atoms with van der Waals surface area (Å²) in [6.07, 6.45) is 1.23. The minimum Gasteiger partial charge on any atom is -0.411 e. The van der Waals surface area contributed by atoms with Crippen LogP contribution in [-0.4, -0.2) is 67.0 Å². The smallest absolute Gasteiger partial charge is 0.277 e. The first-order valence-electron chi connectivity index (χ1n) is 10.1. The summed E-state index contributed by atoms with van der Waals surface area (Å²) in [5, 5.41) is 11.6. The minimum atomic E-state index is -3.16. The number of hydrogen-bond donors (Lipinski definition) is 1. The zero-order chi connectivity index (χ0) is 23.4. The van der Waals surface area contributed by atoms with E-state index >= 15 is 0 Å². The SMILES string of the molecule is CS(=O)(=O)N1CCN(c2ccc(NC(=O)CSc3nnc(-c4ccccc4Cl)o3)cc2)CC1. The van der Waals surface area contributed by atoms with E-state index in [0.717, 1.165) is 17.4 Å². The Balaban J connectivity index is 1.27. The number of halogens is 1. The van der Waals surface area contributed by atoms with Crippen molar-refractivity contribution >= 4 is 50.7 Å². The average molecular weight is 508 g/mol. The lowest BCUT2D eigenvalue weighted by atomic mass is 10.2. The first-order valence-corrected chi connectivity index (χ1v) is 13.3. The van der Waals surface area contributed by atoms with E-state index in [-0.39, 0.29) is 16.9 Å². The standard InChI is InChI=1S/C21H22ClN5O4S2/c1-33(29,30)27-12-10-26(11-13-27)16-8-6-15(7-9-16)23-19(28)14-32-21-25-24-20(31-21)17-4-2-3-5-18(17)22/h2-9H,10-14H2,1H3,(H,23,28). The molecule has 0 unspecified atom stereocenters. The number of nitrogens with zero attached hydrogens (tertiary/aromatic N) is 4. The monoisotopic (exact) mass is 507 g/mol. The number of thioether (sulfide) groups is 1. The Bertz CT molecular complexity index is 1230. The third-order valence-corrected chi connectivity index (χ3v) is 7.51. The van der Waals surface area contributed by atoms with Gasteiger partial charge in [-0.1, -0.05) is 35.5 Å². The molecule has 1 aliphatic rings. The van der Waals surface area contributed by atoms with Crippen molar-refractivity contribution in [1.82, 2.24) is 14.5 Å². The lowest BCUT2D eigenvalue weighted by molar-refractivity contribution is -0.113. The number of sulfonamides is 1. The summed E-state index contributed by atoms with van der Waals surface area (Å²) in [5.41, 5.74) is 2.29. The fourth-order valence-electron chi connectivity index (χ4n) is 3.37. The zero-order valence-electron chi connectivity index (χ0n) is 17.8. The molecule has 1 aromatic heterocycles. The Morgan fingerprint density at radius 3 is 2.45 bits per heavy atom. The molecule has 0 bridgehead atoms. The van der Waals surface area contributed by atoms with Crippen LogP contribution in [-0.2, 0) is 14.8 Å². The summed E-state index contributed by atoms with van der Waals surface area (Å²) in [4.78, 5) is 14.4. The largest absolute Gasteiger partial charge is 0.411 e. The molecule has 2 heterocycles. The number of amides is 1. The van der Waals surface area contributed by atoms with E-state index in [0.29, 0.717) is 48.3 Å². The number of rotatable bonds is 7. The molecule has 174 valence electrons. The normalized spacial score (nSPS) is 14.9. The fraction of sp³-hybridized carbons (Fsp3) is 0.286. The maximum absolute atomic E-state index is 12.3. The fourth-order valence-corrected chi connectivity index (χ4v) is 4.98. The number of benzene rings is 2. The Hall–Kier alpha value is -2.60. The summed E-state index contributed by atoms with van der Waals surface area (Å²) < 4.78 is 30.4. The maximum atomic E-state index is 12.3. The molecule has 1 aliphatic heterocycles. The first-order chi connectivity index (χ1) is 15.8. The summed E-state index contributed by atoms with van der Waals surface area (Å²) in [5.74, 6) is 0.211. The van der Waals surface area contributed by atoms with Crippen LogP contribution in [0.15, 0.2) is 58.2 Å². The number of hydrogen-bond acceptors (Lipinski definition) is 8. The highest BCUT2D eigenvalue weighted by molar-refractivity contribution is 7.99. The summed E-state index contributed by atoms with van der Waals surface area (Å²) >= 11 is 7.28. The summed E-state index contributed by atoms with van der Waals surface area (Å²) in [7, 11) is -3.16. The van der Waals surface area contributed by atoms with Gasteiger partial charge in [0.2, 0.25) is 21.8 Å². The van der Waals surface area contributed by atoms with E-state index in [1.807, 2.05) is 36.4 Å². The lowest BCUT2D eigenvalue weighted by Gasteiger charge is -2.34. The predicted octanol–water partition coefficient (Wildman–Crippen LogP) is 3.20. The molecule has 12 heteroatoms. The van der Waals surface area contributed by atoms with Crippen molar-refractivity contribution in [3.63, 3.8) is 0 Å². The van der Waals surface area contributed by atoms with Gasteiger partial charge in [-0.15, -0.1) is 10.2 Å².